The molecule has 0 saturated heterocycles. The van der Waals surface area contributed by atoms with Crippen molar-refractivity contribution in [3.63, 3.8) is 0 Å². The maximum atomic E-state index is 11.7. The zero-order chi connectivity index (χ0) is 13.7. The Morgan fingerprint density at radius 2 is 2.17 bits per heavy atom. The lowest BCUT2D eigenvalue weighted by Gasteiger charge is -2.15. The van der Waals surface area contributed by atoms with E-state index in [-0.39, 0.29) is 11.6 Å². The first kappa shape index (κ1) is 13.9. The van der Waals surface area contributed by atoms with E-state index < -0.39 is 23.5 Å². The molecule has 0 fully saturated rings. The standard InChI is InChI=1S/C11H15N3O4/c1-6(2)3-7(11(17)18)14-10(16)8-4-13-9(15)5-12-8/h4-7H,3H2,1-2H3,(H,13,15)(H,14,16)(H,17,18)/t7-/m0/s1. The average Bonchev–Trinajstić information content (AvgIpc) is 2.28. The topological polar surface area (TPSA) is 112 Å². The zero-order valence-corrected chi connectivity index (χ0v) is 10.1. The van der Waals surface area contributed by atoms with Crippen LogP contribution in [0.3, 0.4) is 0 Å². The lowest BCUT2D eigenvalue weighted by atomic mass is 10.0. The van der Waals surface area contributed by atoms with Crippen molar-refractivity contribution in [3.8, 4) is 0 Å². The molecule has 98 valence electrons. The molecule has 1 heterocycles. The molecule has 1 amide bonds. The average molecular weight is 253 g/mol. The lowest BCUT2D eigenvalue weighted by Crippen LogP contribution is -2.42. The Bertz CT molecular complexity index is 475. The monoisotopic (exact) mass is 253 g/mol. The Hall–Kier alpha value is -2.18. The zero-order valence-electron chi connectivity index (χ0n) is 10.1. The first-order valence-electron chi connectivity index (χ1n) is 5.48. The SMILES string of the molecule is CC(C)C[C@H](NC(=O)c1c[nH]c(=O)cn1)C(=O)O. The van der Waals surface area contributed by atoms with Crippen LogP contribution in [0.5, 0.6) is 0 Å². The summed E-state index contributed by atoms with van der Waals surface area (Å²) >= 11 is 0. The van der Waals surface area contributed by atoms with Gasteiger partial charge in [-0.1, -0.05) is 13.8 Å². The Morgan fingerprint density at radius 3 is 2.61 bits per heavy atom. The Labute approximate surface area is 103 Å². The van der Waals surface area contributed by atoms with E-state index >= 15 is 0 Å². The van der Waals surface area contributed by atoms with E-state index in [1.807, 2.05) is 13.8 Å². The molecule has 1 rings (SSSR count). The van der Waals surface area contributed by atoms with Gasteiger partial charge in [-0.2, -0.15) is 0 Å². The van der Waals surface area contributed by atoms with E-state index in [2.05, 4.69) is 15.3 Å². The molecule has 1 atom stereocenters. The van der Waals surface area contributed by atoms with Crippen LogP contribution in [-0.2, 0) is 4.79 Å². The largest absolute Gasteiger partial charge is 0.480 e. The molecule has 0 bridgehead atoms. The molecule has 7 heteroatoms. The fraction of sp³-hybridized carbons (Fsp3) is 0.455. The predicted molar refractivity (Wildman–Crippen MR) is 63.2 cm³/mol. The molecule has 0 aromatic carbocycles. The van der Waals surface area contributed by atoms with E-state index in [0.29, 0.717) is 6.42 Å². The highest BCUT2D eigenvalue weighted by Crippen LogP contribution is 2.05. The number of aromatic nitrogens is 2. The first-order chi connectivity index (χ1) is 8.40. The summed E-state index contributed by atoms with van der Waals surface area (Å²) in [4.78, 5) is 39.4. The summed E-state index contributed by atoms with van der Waals surface area (Å²) in [6.45, 7) is 3.72. The highest BCUT2D eigenvalue weighted by atomic mass is 16.4. The van der Waals surface area contributed by atoms with Crippen molar-refractivity contribution in [2.75, 3.05) is 0 Å². The second-order valence-electron chi connectivity index (χ2n) is 4.29. The highest BCUT2D eigenvalue weighted by molar-refractivity contribution is 5.94. The molecule has 0 aliphatic rings. The predicted octanol–water partition coefficient (Wildman–Crippen LogP) is -0.00100. The third kappa shape index (κ3) is 4.00. The number of carbonyl (C=O) groups excluding carboxylic acids is 1. The van der Waals surface area contributed by atoms with Crippen molar-refractivity contribution < 1.29 is 14.7 Å². The van der Waals surface area contributed by atoms with E-state index in [1.165, 1.54) is 0 Å². The van der Waals surface area contributed by atoms with Gasteiger partial charge in [0.1, 0.15) is 11.7 Å². The molecule has 3 N–H and O–H groups in total. The maximum Gasteiger partial charge on any atom is 0.326 e. The maximum absolute atomic E-state index is 11.7. The number of aromatic amines is 1. The number of rotatable bonds is 5. The Kier molecular flexibility index (Phi) is 4.59. The summed E-state index contributed by atoms with van der Waals surface area (Å²) < 4.78 is 0. The number of hydrogen-bond donors (Lipinski definition) is 3. The highest BCUT2D eigenvalue weighted by Gasteiger charge is 2.22. The van der Waals surface area contributed by atoms with Gasteiger partial charge in [0.15, 0.2) is 0 Å². The molecule has 7 nitrogen and oxygen atoms in total. The van der Waals surface area contributed by atoms with Crippen molar-refractivity contribution in [1.29, 1.82) is 0 Å². The summed E-state index contributed by atoms with van der Waals surface area (Å²) in [6, 6.07) is -0.966. The second kappa shape index (κ2) is 5.95. The van der Waals surface area contributed by atoms with Crippen molar-refractivity contribution in [3.05, 3.63) is 28.4 Å². The van der Waals surface area contributed by atoms with Crippen molar-refractivity contribution >= 4 is 11.9 Å². The minimum Gasteiger partial charge on any atom is -0.480 e. The van der Waals surface area contributed by atoms with Crippen molar-refractivity contribution in [1.82, 2.24) is 15.3 Å². The Morgan fingerprint density at radius 1 is 1.50 bits per heavy atom. The van der Waals surface area contributed by atoms with E-state index in [4.69, 9.17) is 5.11 Å². The quantitative estimate of drug-likeness (QED) is 0.683. The fourth-order valence-electron chi connectivity index (χ4n) is 1.39. The number of hydrogen-bond acceptors (Lipinski definition) is 4. The number of aliphatic carboxylic acids is 1. The van der Waals surface area contributed by atoms with Gasteiger partial charge in [0.05, 0.1) is 6.20 Å². The molecule has 0 radical (unpaired) electrons. The van der Waals surface area contributed by atoms with Crippen LogP contribution in [0.2, 0.25) is 0 Å². The van der Waals surface area contributed by atoms with Crippen LogP contribution >= 0.6 is 0 Å². The molecule has 0 saturated carbocycles. The van der Waals surface area contributed by atoms with Gasteiger partial charge in [0.2, 0.25) is 0 Å². The summed E-state index contributed by atoms with van der Waals surface area (Å²) in [7, 11) is 0. The van der Waals surface area contributed by atoms with E-state index in [9.17, 15) is 14.4 Å². The first-order valence-corrected chi connectivity index (χ1v) is 5.48. The number of amides is 1. The van der Waals surface area contributed by atoms with Gasteiger partial charge in [-0.05, 0) is 12.3 Å². The van der Waals surface area contributed by atoms with Gasteiger partial charge in [-0.3, -0.25) is 9.59 Å². The third-order valence-electron chi connectivity index (χ3n) is 2.22. The molecule has 18 heavy (non-hydrogen) atoms. The number of nitrogens with one attached hydrogen (secondary N) is 2. The van der Waals surface area contributed by atoms with Gasteiger partial charge in [-0.15, -0.1) is 0 Å². The fourth-order valence-corrected chi connectivity index (χ4v) is 1.39. The molecule has 0 aliphatic heterocycles. The number of carbonyl (C=O) groups is 2. The minimum absolute atomic E-state index is 0.0235. The molecule has 0 spiro atoms. The molecular weight excluding hydrogens is 238 g/mol. The summed E-state index contributed by atoms with van der Waals surface area (Å²) in [6.07, 6.45) is 2.43. The van der Waals surface area contributed by atoms with Crippen molar-refractivity contribution in [2.24, 2.45) is 5.92 Å². The summed E-state index contributed by atoms with van der Waals surface area (Å²) in [5, 5.41) is 11.3. The molecule has 0 unspecified atom stereocenters. The summed E-state index contributed by atoms with van der Waals surface area (Å²) in [5.74, 6) is -1.59. The second-order valence-corrected chi connectivity index (χ2v) is 4.29. The van der Waals surface area contributed by atoms with Crippen molar-refractivity contribution in [2.45, 2.75) is 26.3 Å². The molecule has 1 aromatic heterocycles. The number of H-pyrrole nitrogens is 1. The van der Waals surface area contributed by atoms with Gasteiger partial charge in [0.25, 0.3) is 11.5 Å². The van der Waals surface area contributed by atoms with Gasteiger partial charge >= 0.3 is 5.97 Å². The number of carboxylic acid groups (broad SMARTS) is 1. The van der Waals surface area contributed by atoms with Crippen LogP contribution in [-0.4, -0.2) is 33.0 Å². The van der Waals surface area contributed by atoms with Crippen LogP contribution in [0.15, 0.2) is 17.2 Å². The van der Waals surface area contributed by atoms with Gasteiger partial charge in [0, 0.05) is 6.20 Å². The lowest BCUT2D eigenvalue weighted by molar-refractivity contribution is -0.139. The van der Waals surface area contributed by atoms with E-state index in [1.54, 1.807) is 0 Å². The molecular formula is C11H15N3O4. The van der Waals surface area contributed by atoms with Gasteiger partial charge in [-0.25, -0.2) is 9.78 Å². The summed E-state index contributed by atoms with van der Waals surface area (Å²) in [5.41, 5.74) is -0.451. The number of nitrogens with zero attached hydrogens (tertiary/aromatic N) is 1. The van der Waals surface area contributed by atoms with Gasteiger partial charge < -0.3 is 15.4 Å². The molecule has 0 aliphatic carbocycles. The Balaban J connectivity index is 2.75. The number of carboxylic acids is 1. The van der Waals surface area contributed by atoms with Crippen LogP contribution in [0.25, 0.3) is 0 Å². The molecule has 1 aromatic rings. The van der Waals surface area contributed by atoms with Crippen LogP contribution in [0.1, 0.15) is 30.8 Å². The minimum atomic E-state index is -1.10. The van der Waals surface area contributed by atoms with Crippen LogP contribution < -0.4 is 10.9 Å². The smallest absolute Gasteiger partial charge is 0.326 e. The van der Waals surface area contributed by atoms with Crippen LogP contribution in [0, 0.1) is 5.92 Å². The van der Waals surface area contributed by atoms with E-state index in [0.717, 1.165) is 12.4 Å². The third-order valence-corrected chi connectivity index (χ3v) is 2.22. The normalized spacial score (nSPS) is 12.2. The van der Waals surface area contributed by atoms with Crippen LogP contribution in [0.4, 0.5) is 0 Å².